The van der Waals surface area contributed by atoms with Gasteiger partial charge < -0.3 is 0 Å². The number of rotatable bonds is 7. The van der Waals surface area contributed by atoms with Gasteiger partial charge in [0.1, 0.15) is 0 Å². The van der Waals surface area contributed by atoms with Gasteiger partial charge in [-0.2, -0.15) is 0 Å². The van der Waals surface area contributed by atoms with Crippen LogP contribution < -0.4 is 0 Å². The Morgan fingerprint density at radius 2 is 1.50 bits per heavy atom. The van der Waals surface area contributed by atoms with Gasteiger partial charge in [-0.1, -0.05) is 58.5 Å². The van der Waals surface area contributed by atoms with Gasteiger partial charge in [0.2, 0.25) is 0 Å². The Morgan fingerprint density at radius 3 is 2.00 bits per heavy atom. The fourth-order valence-corrected chi connectivity index (χ4v) is 2.33. The Hall–Kier alpha value is 0.960. The molecule has 0 aromatic heterocycles. The van der Waals surface area contributed by atoms with E-state index in [9.17, 15) is 0 Å². The van der Waals surface area contributed by atoms with Crippen molar-refractivity contribution < 1.29 is 0 Å². The van der Waals surface area contributed by atoms with E-state index in [2.05, 4.69) is 45.7 Å². The summed E-state index contributed by atoms with van der Waals surface area (Å²) in [6, 6.07) is 0. The Bertz CT molecular complexity index is 93.8. The zero-order valence-electron chi connectivity index (χ0n) is 8.15. The molecule has 0 aliphatic heterocycles. The molecule has 0 N–H and O–H groups in total. The topological polar surface area (TPSA) is 0 Å². The number of halogens is 2. The van der Waals surface area contributed by atoms with E-state index >= 15 is 0 Å². The van der Waals surface area contributed by atoms with Crippen LogP contribution >= 0.6 is 31.9 Å². The number of alkyl halides is 2. The first-order valence-corrected chi connectivity index (χ1v) is 6.81. The molecule has 0 heterocycles. The second-order valence-electron chi connectivity index (χ2n) is 3.32. The van der Waals surface area contributed by atoms with Crippen molar-refractivity contribution in [2.75, 3.05) is 0 Å². The highest BCUT2D eigenvalue weighted by Gasteiger charge is 2.04. The van der Waals surface area contributed by atoms with E-state index in [1.54, 1.807) is 0 Å². The van der Waals surface area contributed by atoms with Gasteiger partial charge in [-0.25, -0.2) is 0 Å². The van der Waals surface area contributed by atoms with Gasteiger partial charge in [0.25, 0.3) is 0 Å². The minimum atomic E-state index is 0.735. The summed E-state index contributed by atoms with van der Waals surface area (Å²) < 4.78 is 0. The molecule has 0 bridgehead atoms. The van der Waals surface area contributed by atoms with E-state index in [-0.39, 0.29) is 0 Å². The molecule has 0 fully saturated rings. The number of hydrogen-bond donors (Lipinski definition) is 0. The predicted octanol–water partition coefficient (Wildman–Crippen LogP) is 4.89. The predicted molar refractivity (Wildman–Crippen MR) is 64.5 cm³/mol. The minimum Gasteiger partial charge on any atom is -0.0891 e. The van der Waals surface area contributed by atoms with Crippen LogP contribution in [0.2, 0.25) is 0 Å². The van der Waals surface area contributed by atoms with Crippen molar-refractivity contribution in [3.8, 4) is 0 Å². The lowest BCUT2D eigenvalue weighted by molar-refractivity contribution is 0.611. The van der Waals surface area contributed by atoms with E-state index in [0.29, 0.717) is 0 Å². The Morgan fingerprint density at radius 1 is 0.917 bits per heavy atom. The molecule has 0 saturated carbocycles. The molecule has 1 unspecified atom stereocenters. The van der Waals surface area contributed by atoms with E-state index in [0.717, 1.165) is 9.65 Å². The summed E-state index contributed by atoms with van der Waals surface area (Å²) in [6.45, 7) is 4.48. The molecule has 0 nitrogen and oxygen atoms in total. The van der Waals surface area contributed by atoms with Crippen molar-refractivity contribution >= 4 is 31.9 Å². The molecule has 0 aliphatic carbocycles. The van der Waals surface area contributed by atoms with Gasteiger partial charge >= 0.3 is 0 Å². The van der Waals surface area contributed by atoms with Crippen LogP contribution in [0.4, 0.5) is 0 Å². The van der Waals surface area contributed by atoms with E-state index < -0.39 is 0 Å². The third kappa shape index (κ3) is 7.60. The van der Waals surface area contributed by atoms with Gasteiger partial charge in [0, 0.05) is 9.65 Å². The molecule has 0 aromatic rings. The normalized spacial score (nSPS) is 16.0. The molecular weight excluding hydrogens is 280 g/mol. The van der Waals surface area contributed by atoms with Crippen LogP contribution in [0.15, 0.2) is 0 Å². The lowest BCUT2D eigenvalue weighted by atomic mass is 10.1. The summed E-state index contributed by atoms with van der Waals surface area (Å²) in [5.74, 6) is 0. The van der Waals surface area contributed by atoms with Gasteiger partial charge in [-0.3, -0.25) is 0 Å². The smallest absolute Gasteiger partial charge is 0.0145 e. The van der Waals surface area contributed by atoms with Gasteiger partial charge in [0.15, 0.2) is 0 Å². The van der Waals surface area contributed by atoms with Crippen molar-refractivity contribution in [1.82, 2.24) is 0 Å². The summed E-state index contributed by atoms with van der Waals surface area (Å²) in [7, 11) is 0. The van der Waals surface area contributed by atoms with Crippen LogP contribution in [0.25, 0.3) is 0 Å². The zero-order chi connectivity index (χ0) is 9.40. The quantitative estimate of drug-likeness (QED) is 0.587. The van der Waals surface area contributed by atoms with Gasteiger partial charge in [0.05, 0.1) is 0 Å². The summed E-state index contributed by atoms with van der Waals surface area (Å²) >= 11 is 7.35. The number of hydrogen-bond acceptors (Lipinski definition) is 0. The second-order valence-corrected chi connectivity index (χ2v) is 5.91. The SMILES string of the molecule is CCCC(Br)CCC[C@H](Br)CC. The maximum Gasteiger partial charge on any atom is 0.0145 e. The Kier molecular flexibility index (Phi) is 9.24. The first-order valence-electron chi connectivity index (χ1n) is 4.98. The fourth-order valence-electron chi connectivity index (χ4n) is 1.22. The maximum atomic E-state index is 3.69. The highest BCUT2D eigenvalue weighted by molar-refractivity contribution is 9.09. The van der Waals surface area contributed by atoms with Crippen molar-refractivity contribution in [2.24, 2.45) is 0 Å². The summed E-state index contributed by atoms with van der Waals surface area (Å²) in [4.78, 5) is 1.48. The Balaban J connectivity index is 3.18. The van der Waals surface area contributed by atoms with E-state index in [1.807, 2.05) is 0 Å². The van der Waals surface area contributed by atoms with Crippen LogP contribution in [0.5, 0.6) is 0 Å². The molecule has 0 spiro atoms. The van der Waals surface area contributed by atoms with Crippen LogP contribution in [0.1, 0.15) is 52.4 Å². The summed E-state index contributed by atoms with van der Waals surface area (Å²) in [5.41, 5.74) is 0. The molecule has 2 heteroatoms. The molecule has 12 heavy (non-hydrogen) atoms. The summed E-state index contributed by atoms with van der Waals surface area (Å²) in [5, 5.41) is 0. The highest BCUT2D eigenvalue weighted by Crippen LogP contribution is 2.19. The molecular formula is C10H20Br2. The van der Waals surface area contributed by atoms with Crippen LogP contribution in [-0.2, 0) is 0 Å². The Labute approximate surface area is 93.8 Å². The van der Waals surface area contributed by atoms with E-state index in [1.165, 1.54) is 38.5 Å². The van der Waals surface area contributed by atoms with Gasteiger partial charge in [-0.15, -0.1) is 0 Å². The fraction of sp³-hybridized carbons (Fsp3) is 1.00. The maximum absolute atomic E-state index is 3.69. The molecule has 0 aromatic carbocycles. The standard InChI is InChI=1S/C10H20Br2/c1-3-6-10(12)8-5-7-9(11)4-2/h9-10H,3-8H2,1-2H3/t9-,10?/m1/s1. The van der Waals surface area contributed by atoms with Gasteiger partial charge in [-0.05, 0) is 25.7 Å². The second kappa shape index (κ2) is 8.55. The molecule has 74 valence electrons. The zero-order valence-corrected chi connectivity index (χ0v) is 11.3. The van der Waals surface area contributed by atoms with E-state index in [4.69, 9.17) is 0 Å². The largest absolute Gasteiger partial charge is 0.0891 e. The third-order valence-electron chi connectivity index (χ3n) is 2.08. The minimum absolute atomic E-state index is 0.735. The molecule has 0 saturated heterocycles. The monoisotopic (exact) mass is 298 g/mol. The van der Waals surface area contributed by atoms with Crippen LogP contribution in [0.3, 0.4) is 0 Å². The lowest BCUT2D eigenvalue weighted by Crippen LogP contribution is -2.00. The highest BCUT2D eigenvalue weighted by atomic mass is 79.9. The average molecular weight is 300 g/mol. The third-order valence-corrected chi connectivity index (χ3v) is 4.10. The van der Waals surface area contributed by atoms with Crippen molar-refractivity contribution in [3.63, 3.8) is 0 Å². The molecule has 2 atom stereocenters. The molecule has 0 aliphatic rings. The molecule has 0 radical (unpaired) electrons. The van der Waals surface area contributed by atoms with Crippen molar-refractivity contribution in [2.45, 2.75) is 62.0 Å². The molecule has 0 amide bonds. The first kappa shape index (κ1) is 13.0. The lowest BCUT2D eigenvalue weighted by Gasteiger charge is -2.09. The average Bonchev–Trinajstić information content (AvgIpc) is 2.04. The van der Waals surface area contributed by atoms with Crippen molar-refractivity contribution in [1.29, 1.82) is 0 Å². The van der Waals surface area contributed by atoms with Crippen LogP contribution in [0, 0.1) is 0 Å². The van der Waals surface area contributed by atoms with Crippen LogP contribution in [-0.4, -0.2) is 9.65 Å². The summed E-state index contributed by atoms with van der Waals surface area (Å²) in [6.07, 6.45) is 7.86. The van der Waals surface area contributed by atoms with Crippen molar-refractivity contribution in [3.05, 3.63) is 0 Å². The molecule has 0 rings (SSSR count). The first-order chi connectivity index (χ1) is 5.70.